The fourth-order valence-corrected chi connectivity index (χ4v) is 7.86. The molecule has 2 N–H and O–H groups in total. The molecule has 0 saturated carbocycles. The molecule has 0 radical (unpaired) electrons. The van der Waals surface area contributed by atoms with E-state index in [1.54, 1.807) is 30.3 Å². The smallest absolute Gasteiger partial charge is 0.335 e. The molecule has 2 bridgehead atoms. The van der Waals surface area contributed by atoms with Crippen LogP contribution in [0.2, 0.25) is 0 Å². The van der Waals surface area contributed by atoms with Crippen LogP contribution < -0.4 is 10.2 Å². The first-order valence-corrected chi connectivity index (χ1v) is 13.6. The SMILES string of the molecule is O=C(O)c1cccc(NC(=O)c2cccc(N3C(=O)[C@@H]4C5c6ccccc6C(Br)(c6ccccc65)[C@@H]4C3=O)c2)c1. The fourth-order valence-electron chi connectivity index (χ4n) is 6.65. The maximum Gasteiger partial charge on any atom is 0.335 e. The number of carbonyl (C=O) groups is 4. The van der Waals surface area contributed by atoms with Gasteiger partial charge in [-0.2, -0.15) is 0 Å². The zero-order valence-corrected chi connectivity index (χ0v) is 22.5. The van der Waals surface area contributed by atoms with Crippen molar-refractivity contribution in [1.29, 1.82) is 0 Å². The normalized spacial score (nSPS) is 23.8. The van der Waals surface area contributed by atoms with Crippen LogP contribution in [0, 0.1) is 11.8 Å². The van der Waals surface area contributed by atoms with Gasteiger partial charge in [-0.25, -0.2) is 9.69 Å². The van der Waals surface area contributed by atoms with E-state index >= 15 is 0 Å². The topological polar surface area (TPSA) is 104 Å². The minimum absolute atomic E-state index is 0.0442. The Morgan fingerprint density at radius 2 is 1.40 bits per heavy atom. The number of carboxylic acid groups (broad SMARTS) is 1. The Balaban J connectivity index is 1.26. The lowest BCUT2D eigenvalue weighted by atomic mass is 9.55. The molecule has 4 aromatic carbocycles. The van der Waals surface area contributed by atoms with Gasteiger partial charge in [-0.05, 0) is 58.7 Å². The largest absolute Gasteiger partial charge is 0.478 e. The van der Waals surface area contributed by atoms with E-state index in [-0.39, 0.29) is 28.9 Å². The molecule has 196 valence electrons. The first-order valence-electron chi connectivity index (χ1n) is 12.8. The van der Waals surface area contributed by atoms with Crippen LogP contribution in [0.4, 0.5) is 11.4 Å². The zero-order chi connectivity index (χ0) is 27.8. The second-order valence-corrected chi connectivity index (χ2v) is 11.5. The molecule has 7 nitrogen and oxygen atoms in total. The predicted molar refractivity (Wildman–Crippen MR) is 152 cm³/mol. The maximum atomic E-state index is 14.2. The highest BCUT2D eigenvalue weighted by atomic mass is 79.9. The number of benzene rings is 4. The lowest BCUT2D eigenvalue weighted by Crippen LogP contribution is -2.50. The quantitative estimate of drug-likeness (QED) is 0.239. The van der Waals surface area contributed by atoms with Crippen LogP contribution in [0.3, 0.4) is 0 Å². The number of anilines is 2. The highest BCUT2D eigenvalue weighted by Gasteiger charge is 2.67. The number of aromatic carboxylic acids is 1. The molecule has 0 unspecified atom stereocenters. The molecule has 40 heavy (non-hydrogen) atoms. The van der Waals surface area contributed by atoms with Crippen molar-refractivity contribution in [3.63, 3.8) is 0 Å². The third-order valence-electron chi connectivity index (χ3n) is 8.25. The van der Waals surface area contributed by atoms with E-state index in [0.29, 0.717) is 11.4 Å². The summed E-state index contributed by atoms with van der Waals surface area (Å²) >= 11 is 3.99. The number of carboxylic acids is 1. The van der Waals surface area contributed by atoms with Gasteiger partial charge in [-0.15, -0.1) is 0 Å². The molecule has 3 aliphatic carbocycles. The third-order valence-corrected chi connectivity index (χ3v) is 9.60. The van der Waals surface area contributed by atoms with E-state index in [4.69, 9.17) is 0 Å². The van der Waals surface area contributed by atoms with Crippen molar-refractivity contribution in [2.45, 2.75) is 10.2 Å². The summed E-state index contributed by atoms with van der Waals surface area (Å²) in [5, 5.41) is 11.9. The van der Waals surface area contributed by atoms with Crippen molar-refractivity contribution in [3.8, 4) is 0 Å². The molecular weight excluding hydrogens is 572 g/mol. The number of nitrogens with zero attached hydrogens (tertiary/aromatic N) is 1. The summed E-state index contributed by atoms with van der Waals surface area (Å²) in [6, 6.07) is 28.2. The van der Waals surface area contributed by atoms with Gasteiger partial charge in [0, 0.05) is 17.2 Å². The van der Waals surface area contributed by atoms with Crippen LogP contribution in [0.15, 0.2) is 97.1 Å². The van der Waals surface area contributed by atoms with Gasteiger partial charge in [0.2, 0.25) is 11.8 Å². The van der Waals surface area contributed by atoms with Gasteiger partial charge < -0.3 is 10.4 Å². The number of hydrogen-bond acceptors (Lipinski definition) is 4. The van der Waals surface area contributed by atoms with Crippen LogP contribution in [0.1, 0.15) is 48.9 Å². The average molecular weight is 593 g/mol. The molecule has 8 heteroatoms. The van der Waals surface area contributed by atoms with E-state index in [1.165, 1.54) is 23.1 Å². The molecule has 4 aliphatic rings. The van der Waals surface area contributed by atoms with Crippen molar-refractivity contribution in [2.75, 3.05) is 10.2 Å². The average Bonchev–Trinajstić information content (AvgIpc) is 3.24. The summed E-state index contributed by atoms with van der Waals surface area (Å²) in [4.78, 5) is 53.9. The Morgan fingerprint density at radius 3 is 2.08 bits per heavy atom. The lowest BCUT2D eigenvalue weighted by molar-refractivity contribution is -0.122. The first-order chi connectivity index (χ1) is 19.3. The van der Waals surface area contributed by atoms with Gasteiger partial charge >= 0.3 is 5.97 Å². The molecule has 1 fully saturated rings. The third kappa shape index (κ3) is 3.29. The Labute approximate surface area is 237 Å². The van der Waals surface area contributed by atoms with Gasteiger partial charge in [0.25, 0.3) is 5.91 Å². The standard InChI is InChI=1S/C32H21BrN2O5/c33-32-23-13-3-1-11-21(23)25(22-12-2-4-14-24(22)32)26-27(32)30(38)35(29(26)37)20-10-6-7-17(16-20)28(36)34-19-9-5-8-18(15-19)31(39)40/h1-16,25-27H,(H,34,36)(H,39,40)/t25?,26-,27+,32?/m1/s1. The molecular formula is C32H21BrN2O5. The van der Waals surface area contributed by atoms with E-state index in [0.717, 1.165) is 22.3 Å². The molecule has 0 spiro atoms. The van der Waals surface area contributed by atoms with Gasteiger partial charge in [0.05, 0.1) is 27.4 Å². The minimum Gasteiger partial charge on any atom is -0.478 e. The fraction of sp³-hybridized carbons (Fsp3) is 0.125. The van der Waals surface area contributed by atoms with Crippen LogP contribution in [-0.2, 0) is 13.9 Å². The predicted octanol–water partition coefficient (Wildman–Crippen LogP) is 5.54. The maximum absolute atomic E-state index is 14.2. The van der Waals surface area contributed by atoms with Crippen molar-refractivity contribution in [1.82, 2.24) is 0 Å². The lowest BCUT2D eigenvalue weighted by Gasteiger charge is -2.51. The highest BCUT2D eigenvalue weighted by molar-refractivity contribution is 9.09. The Hall–Kier alpha value is -4.56. The van der Waals surface area contributed by atoms with E-state index < -0.39 is 28.0 Å². The molecule has 2 atom stereocenters. The summed E-state index contributed by atoms with van der Waals surface area (Å²) in [5.74, 6) is -3.69. The van der Waals surface area contributed by atoms with Crippen LogP contribution >= 0.6 is 15.9 Å². The number of alkyl halides is 1. The number of carbonyl (C=O) groups excluding carboxylic acids is 3. The number of halogens is 1. The highest BCUT2D eigenvalue weighted by Crippen LogP contribution is 2.66. The summed E-state index contributed by atoms with van der Waals surface area (Å²) in [6.45, 7) is 0. The summed E-state index contributed by atoms with van der Waals surface area (Å²) in [7, 11) is 0. The first kappa shape index (κ1) is 24.5. The number of hydrogen-bond donors (Lipinski definition) is 2. The van der Waals surface area contributed by atoms with Gasteiger partial charge in [-0.1, -0.05) is 76.6 Å². The van der Waals surface area contributed by atoms with Crippen molar-refractivity contribution < 1.29 is 24.3 Å². The number of amides is 3. The van der Waals surface area contributed by atoms with Crippen molar-refractivity contribution in [3.05, 3.63) is 130 Å². The Morgan fingerprint density at radius 1 is 0.775 bits per heavy atom. The number of rotatable bonds is 4. The Bertz CT molecular complexity index is 1740. The van der Waals surface area contributed by atoms with Gasteiger partial charge in [-0.3, -0.25) is 14.4 Å². The summed E-state index contributed by atoms with van der Waals surface area (Å²) in [6.07, 6.45) is 0. The molecule has 3 amide bonds. The molecule has 4 aromatic rings. The molecule has 1 aliphatic heterocycles. The van der Waals surface area contributed by atoms with Crippen LogP contribution in [0.25, 0.3) is 0 Å². The number of imide groups is 1. The van der Waals surface area contributed by atoms with Gasteiger partial charge in [0.1, 0.15) is 0 Å². The number of nitrogens with one attached hydrogen (secondary N) is 1. The molecule has 0 aromatic heterocycles. The molecule has 8 rings (SSSR count). The van der Waals surface area contributed by atoms with E-state index in [2.05, 4.69) is 21.2 Å². The Kier molecular flexibility index (Phi) is 5.34. The monoisotopic (exact) mass is 592 g/mol. The summed E-state index contributed by atoms with van der Waals surface area (Å²) in [5.41, 5.74) is 5.00. The molecule has 1 saturated heterocycles. The van der Waals surface area contributed by atoms with E-state index in [1.807, 2.05) is 48.5 Å². The zero-order valence-electron chi connectivity index (χ0n) is 20.9. The second-order valence-electron chi connectivity index (χ2n) is 10.3. The van der Waals surface area contributed by atoms with Crippen LogP contribution in [-0.4, -0.2) is 28.8 Å². The summed E-state index contributed by atoms with van der Waals surface area (Å²) < 4.78 is -0.856. The van der Waals surface area contributed by atoms with E-state index in [9.17, 15) is 24.3 Å². The minimum atomic E-state index is -1.10. The van der Waals surface area contributed by atoms with Crippen molar-refractivity contribution in [2.24, 2.45) is 11.8 Å². The molecule has 1 heterocycles. The van der Waals surface area contributed by atoms with Gasteiger partial charge in [0.15, 0.2) is 0 Å². The second kappa shape index (κ2) is 8.72. The van der Waals surface area contributed by atoms with Crippen LogP contribution in [0.5, 0.6) is 0 Å². The van der Waals surface area contributed by atoms with Crippen molar-refractivity contribution >= 4 is 51.0 Å².